The number of carbonyl (C=O) groups excluding carboxylic acids is 1. The molecule has 1 heterocycles. The average molecular weight is 388 g/mol. The van der Waals surface area contributed by atoms with Crippen LogP contribution in [0, 0.1) is 35.0 Å². The van der Waals surface area contributed by atoms with Crippen molar-refractivity contribution in [2.45, 2.75) is 64.2 Å². The molecule has 0 aromatic heterocycles. The molecule has 0 radical (unpaired) electrons. The first-order valence-corrected chi connectivity index (χ1v) is 11.4. The number of carbonyl (C=O) groups is 1. The smallest absolute Gasteiger partial charge is 0.228 e. The van der Waals surface area contributed by atoms with Crippen LogP contribution in [0.3, 0.4) is 0 Å². The molecule has 1 aromatic carbocycles. The minimum atomic E-state index is -0.193. The fourth-order valence-electron chi connectivity index (χ4n) is 7.58. The van der Waals surface area contributed by atoms with Crippen molar-refractivity contribution in [3.05, 3.63) is 47.5 Å². The van der Waals surface area contributed by atoms with Gasteiger partial charge in [0.05, 0.1) is 5.41 Å². The van der Waals surface area contributed by atoms with Crippen LogP contribution in [-0.2, 0) is 10.2 Å². The van der Waals surface area contributed by atoms with Crippen LogP contribution in [0.1, 0.15) is 64.4 Å². The van der Waals surface area contributed by atoms with Gasteiger partial charge in [0, 0.05) is 13.1 Å². The third-order valence-corrected chi connectivity index (χ3v) is 8.45. The summed E-state index contributed by atoms with van der Waals surface area (Å²) in [6.45, 7) is 6.47. The zero-order chi connectivity index (χ0) is 20.3. The van der Waals surface area contributed by atoms with Gasteiger partial charge < -0.3 is 4.90 Å². The van der Waals surface area contributed by atoms with E-state index in [0.717, 1.165) is 51.6 Å². The number of rotatable bonds is 2. The maximum atomic E-state index is 14.0. The second-order valence-electron chi connectivity index (χ2n) is 11.1. The monoisotopic (exact) mass is 387 g/mol. The van der Waals surface area contributed by atoms with Crippen molar-refractivity contribution < 1.29 is 4.79 Å². The number of benzene rings is 1. The summed E-state index contributed by atoms with van der Waals surface area (Å²) in [6.07, 6.45) is 15.4. The summed E-state index contributed by atoms with van der Waals surface area (Å²) in [4.78, 5) is 16.3. The van der Waals surface area contributed by atoms with E-state index in [1.807, 2.05) is 6.08 Å². The molecule has 6 rings (SSSR count). The highest BCUT2D eigenvalue weighted by molar-refractivity contribution is 5.84. The highest BCUT2D eigenvalue weighted by Crippen LogP contribution is 2.67. The molecule has 0 spiro atoms. The van der Waals surface area contributed by atoms with Gasteiger partial charge in [0.2, 0.25) is 5.91 Å². The van der Waals surface area contributed by atoms with Gasteiger partial charge in [-0.05, 0) is 79.3 Å². The molecule has 4 bridgehead atoms. The van der Waals surface area contributed by atoms with Crippen molar-refractivity contribution in [2.75, 3.05) is 13.1 Å². The van der Waals surface area contributed by atoms with Crippen LogP contribution >= 0.6 is 0 Å². The Balaban J connectivity index is 1.54. The van der Waals surface area contributed by atoms with Crippen molar-refractivity contribution in [2.24, 2.45) is 22.7 Å². The Bertz CT molecular complexity index is 869. The number of amides is 1. The lowest BCUT2D eigenvalue weighted by atomic mass is 9.41. The maximum absolute atomic E-state index is 14.0. The molecule has 2 nitrogen and oxygen atoms in total. The van der Waals surface area contributed by atoms with Gasteiger partial charge in [-0.2, -0.15) is 0 Å². The largest absolute Gasteiger partial charge is 0.342 e. The third kappa shape index (κ3) is 2.97. The minimum absolute atomic E-state index is 0.139. The molecular weight excluding hydrogens is 354 g/mol. The molecule has 1 saturated heterocycles. The summed E-state index contributed by atoms with van der Waals surface area (Å²) in [7, 11) is 0. The van der Waals surface area contributed by atoms with E-state index >= 15 is 0 Å². The summed E-state index contributed by atoms with van der Waals surface area (Å²) < 4.78 is 0. The first kappa shape index (κ1) is 19.0. The Hall–Kier alpha value is -2.01. The molecule has 1 aliphatic heterocycles. The van der Waals surface area contributed by atoms with Gasteiger partial charge in [0.25, 0.3) is 0 Å². The van der Waals surface area contributed by atoms with Gasteiger partial charge in [-0.3, -0.25) is 4.79 Å². The number of hydrogen-bond acceptors (Lipinski definition) is 1. The molecule has 2 heteroatoms. The van der Waals surface area contributed by atoms with E-state index in [1.54, 1.807) is 0 Å². The molecule has 1 aromatic rings. The Morgan fingerprint density at radius 2 is 1.83 bits per heavy atom. The predicted octanol–water partition coefficient (Wildman–Crippen LogP) is 5.34. The molecule has 152 valence electrons. The Morgan fingerprint density at radius 1 is 1.14 bits per heavy atom. The van der Waals surface area contributed by atoms with Crippen molar-refractivity contribution in [3.63, 3.8) is 0 Å². The normalized spacial score (nSPS) is 37.3. The molecule has 5 fully saturated rings. The van der Waals surface area contributed by atoms with Crippen LogP contribution < -0.4 is 0 Å². The van der Waals surface area contributed by atoms with Crippen LogP contribution in [0.5, 0.6) is 0 Å². The fourth-order valence-corrected chi connectivity index (χ4v) is 7.58. The van der Waals surface area contributed by atoms with Crippen LogP contribution in [0.25, 0.3) is 0 Å². The van der Waals surface area contributed by atoms with E-state index in [4.69, 9.17) is 6.42 Å². The molecule has 0 N–H and O–H groups in total. The molecule has 2 unspecified atom stereocenters. The van der Waals surface area contributed by atoms with E-state index in [1.165, 1.54) is 17.6 Å². The topological polar surface area (TPSA) is 20.3 Å². The highest BCUT2D eigenvalue weighted by Gasteiger charge is 2.63. The lowest BCUT2D eigenvalue weighted by Gasteiger charge is -2.63. The molecule has 2 atom stereocenters. The van der Waals surface area contributed by atoms with Crippen molar-refractivity contribution >= 4 is 5.91 Å². The lowest BCUT2D eigenvalue weighted by Crippen LogP contribution is -2.61. The quantitative estimate of drug-likeness (QED) is 0.627. The van der Waals surface area contributed by atoms with E-state index < -0.39 is 0 Å². The van der Waals surface area contributed by atoms with E-state index in [0.29, 0.717) is 17.7 Å². The van der Waals surface area contributed by atoms with Crippen LogP contribution in [0.2, 0.25) is 0 Å². The van der Waals surface area contributed by atoms with Crippen LogP contribution in [0.15, 0.2) is 42.0 Å². The zero-order valence-electron chi connectivity index (χ0n) is 17.9. The molecule has 29 heavy (non-hydrogen) atoms. The summed E-state index contributed by atoms with van der Waals surface area (Å²) in [6, 6.07) is 11.0. The molecule has 5 aliphatic rings. The van der Waals surface area contributed by atoms with Gasteiger partial charge in [0.1, 0.15) is 0 Å². The first-order chi connectivity index (χ1) is 13.9. The molecule has 4 saturated carbocycles. The lowest BCUT2D eigenvalue weighted by molar-refractivity contribution is -0.158. The molecule has 4 aliphatic carbocycles. The van der Waals surface area contributed by atoms with Gasteiger partial charge in [-0.15, -0.1) is 6.42 Å². The Labute approximate surface area is 175 Å². The van der Waals surface area contributed by atoms with E-state index in [9.17, 15) is 4.79 Å². The number of hydrogen-bond donors (Lipinski definition) is 0. The first-order valence-electron chi connectivity index (χ1n) is 11.4. The highest BCUT2D eigenvalue weighted by atomic mass is 16.2. The predicted molar refractivity (Wildman–Crippen MR) is 117 cm³/mol. The van der Waals surface area contributed by atoms with E-state index in [2.05, 4.69) is 55.0 Å². The molecular formula is C27H33NO. The average Bonchev–Trinajstić information content (AvgIpc) is 2.69. The summed E-state index contributed by atoms with van der Waals surface area (Å²) in [5.41, 5.74) is 3.08. The molecule has 1 amide bonds. The van der Waals surface area contributed by atoms with Crippen molar-refractivity contribution in [1.82, 2.24) is 4.90 Å². The second-order valence-corrected chi connectivity index (χ2v) is 11.1. The minimum Gasteiger partial charge on any atom is -0.342 e. The standard InChI is InChI=1S/C27H33NO/c1-4-9-23-20-14-26(22-10-6-5-7-11-22)15-21(23)17-27(16-20,18-26)24(29)28-13-8-12-25(2,3)19-28/h1,5-7,9-11,20-21H,8,12-19H2,2-3H3. The summed E-state index contributed by atoms with van der Waals surface area (Å²) in [5, 5.41) is 0. The van der Waals surface area contributed by atoms with Crippen molar-refractivity contribution in [3.8, 4) is 12.3 Å². The number of likely N-dealkylation sites (tertiary alicyclic amines) is 1. The number of nitrogens with zero attached hydrogens (tertiary/aromatic N) is 1. The van der Waals surface area contributed by atoms with E-state index in [-0.39, 0.29) is 16.2 Å². The summed E-state index contributed by atoms with van der Waals surface area (Å²) in [5.74, 6) is 4.18. The van der Waals surface area contributed by atoms with Gasteiger partial charge in [-0.25, -0.2) is 0 Å². The third-order valence-electron chi connectivity index (χ3n) is 8.45. The van der Waals surface area contributed by atoms with Crippen LogP contribution in [-0.4, -0.2) is 23.9 Å². The number of piperidine rings is 1. The van der Waals surface area contributed by atoms with Gasteiger partial charge in [-0.1, -0.05) is 55.7 Å². The number of terminal acetylenes is 1. The SMILES string of the molecule is C#CC=C1C2CC3(C(=O)N4CCCC(C)(C)C4)CC1CC(c1ccccc1)(C2)C3. The Morgan fingerprint density at radius 3 is 2.45 bits per heavy atom. The summed E-state index contributed by atoms with van der Waals surface area (Å²) >= 11 is 0. The maximum Gasteiger partial charge on any atom is 0.228 e. The fraction of sp³-hybridized carbons (Fsp3) is 0.593. The Kier molecular flexibility index (Phi) is 4.25. The van der Waals surface area contributed by atoms with Crippen molar-refractivity contribution in [1.29, 1.82) is 0 Å². The zero-order valence-corrected chi connectivity index (χ0v) is 17.9. The van der Waals surface area contributed by atoms with Crippen LogP contribution in [0.4, 0.5) is 0 Å². The van der Waals surface area contributed by atoms with Gasteiger partial charge in [0.15, 0.2) is 0 Å². The second kappa shape index (κ2) is 6.49. The van der Waals surface area contributed by atoms with Gasteiger partial charge >= 0.3 is 0 Å². The number of allylic oxidation sites excluding steroid dienone is 2.